The Hall–Kier alpha value is -1.34. The van der Waals surface area contributed by atoms with E-state index in [-0.39, 0.29) is 72.9 Å². The van der Waals surface area contributed by atoms with Gasteiger partial charge in [-0.2, -0.15) is 5.06 Å². The maximum atomic E-state index is 14.3. The minimum absolute atomic E-state index is 0.0410. The van der Waals surface area contributed by atoms with Crippen LogP contribution in [0.4, 0.5) is 0 Å². The molecule has 1 aliphatic heterocycles. The number of aliphatic hydroxyl groups is 3. The van der Waals surface area contributed by atoms with E-state index in [2.05, 4.69) is 64.2 Å². The van der Waals surface area contributed by atoms with Crippen molar-refractivity contribution in [2.24, 2.45) is 58.7 Å². The van der Waals surface area contributed by atoms with Gasteiger partial charge in [0.2, 0.25) is 11.8 Å². The van der Waals surface area contributed by atoms with Gasteiger partial charge in [-0.05, 0) is 113 Å². The lowest BCUT2D eigenvalue weighted by Crippen LogP contribution is -2.62. The number of carbonyl (C=O) groups excluding carboxylic acids is 2. The summed E-state index contributed by atoms with van der Waals surface area (Å²) in [7, 11) is 5.98. The van der Waals surface area contributed by atoms with E-state index >= 15 is 0 Å². The fourth-order valence-electron chi connectivity index (χ4n) is 11.5. The zero-order chi connectivity index (χ0) is 37.4. The molecule has 2 amide bonds. The SMILES string of the molecule is COC1C(CN2O[C@@H](CO)[C@@H]([C@H](C)O)[C@H]2C(=O)N[C@H]2C[C@H]3C[C@@H]([C@@H]2C)C3(C)C)CCCC1C1CC(C(=O)N[C@@H](CO)CC(C)C)CC(N(C)C)C1. The number of amides is 2. The van der Waals surface area contributed by atoms with Gasteiger partial charge in [-0.1, -0.05) is 41.0 Å². The predicted molar refractivity (Wildman–Crippen MR) is 197 cm³/mol. The van der Waals surface area contributed by atoms with E-state index in [1.807, 2.05) is 0 Å². The van der Waals surface area contributed by atoms with Gasteiger partial charge in [-0.3, -0.25) is 14.4 Å². The molecule has 0 aromatic rings. The molecule has 6 unspecified atom stereocenters. The third kappa shape index (κ3) is 8.65. The number of fused-ring (bicyclic) bond motifs is 2. The first-order chi connectivity index (χ1) is 24.1. The van der Waals surface area contributed by atoms with Crippen LogP contribution in [-0.2, 0) is 19.2 Å². The van der Waals surface area contributed by atoms with E-state index in [0.717, 1.165) is 51.4 Å². The van der Waals surface area contributed by atoms with Gasteiger partial charge >= 0.3 is 0 Å². The van der Waals surface area contributed by atoms with Crippen LogP contribution in [0.2, 0.25) is 0 Å². The molecule has 0 radical (unpaired) electrons. The van der Waals surface area contributed by atoms with Crippen molar-refractivity contribution in [3.8, 4) is 0 Å². The molecule has 6 fully saturated rings. The zero-order valence-electron chi connectivity index (χ0n) is 33.1. The minimum Gasteiger partial charge on any atom is -0.394 e. The Morgan fingerprint density at radius 1 is 1.04 bits per heavy atom. The first-order valence-corrected chi connectivity index (χ1v) is 20.2. The van der Waals surface area contributed by atoms with E-state index in [1.165, 1.54) is 6.42 Å². The molecule has 6 rings (SSSR count). The number of nitrogens with zero attached hydrogens (tertiary/aromatic N) is 2. The molecule has 11 heteroatoms. The highest BCUT2D eigenvalue weighted by Crippen LogP contribution is 2.61. The molecular formula is C40H72N4O7. The van der Waals surface area contributed by atoms with Gasteiger partial charge in [0, 0.05) is 43.5 Å². The van der Waals surface area contributed by atoms with Crippen LogP contribution in [0, 0.1) is 58.7 Å². The van der Waals surface area contributed by atoms with E-state index in [4.69, 9.17) is 9.57 Å². The van der Waals surface area contributed by atoms with Crippen LogP contribution in [0.5, 0.6) is 0 Å². The largest absolute Gasteiger partial charge is 0.394 e. The summed E-state index contributed by atoms with van der Waals surface area (Å²) in [6, 6.07) is -0.603. The maximum absolute atomic E-state index is 14.3. The van der Waals surface area contributed by atoms with Crippen molar-refractivity contribution < 1.29 is 34.5 Å². The molecule has 2 bridgehead atoms. The number of rotatable bonds is 14. The van der Waals surface area contributed by atoms with Crippen molar-refractivity contribution in [1.82, 2.24) is 20.6 Å². The first kappa shape index (κ1) is 40.8. The van der Waals surface area contributed by atoms with Crippen molar-refractivity contribution in [2.45, 2.75) is 142 Å². The average Bonchev–Trinajstić information content (AvgIpc) is 3.46. The van der Waals surface area contributed by atoms with Crippen LogP contribution < -0.4 is 10.6 Å². The molecule has 1 heterocycles. The summed E-state index contributed by atoms with van der Waals surface area (Å²) in [5.74, 6) is 1.77. The lowest BCUT2D eigenvalue weighted by molar-refractivity contribution is -0.193. The Balaban J connectivity index is 1.31. The Morgan fingerprint density at radius 2 is 1.76 bits per heavy atom. The number of aliphatic hydroxyl groups excluding tert-OH is 3. The predicted octanol–water partition coefficient (Wildman–Crippen LogP) is 3.45. The highest BCUT2D eigenvalue weighted by atomic mass is 16.7. The van der Waals surface area contributed by atoms with Crippen LogP contribution in [0.25, 0.3) is 0 Å². The Bertz CT molecular complexity index is 1170. The lowest BCUT2D eigenvalue weighted by Gasteiger charge is -2.62. The lowest BCUT2D eigenvalue weighted by atomic mass is 9.45. The van der Waals surface area contributed by atoms with Crippen molar-refractivity contribution in [2.75, 3.05) is 41.0 Å². The monoisotopic (exact) mass is 721 g/mol. The quantitative estimate of drug-likeness (QED) is 0.182. The number of ether oxygens (including phenoxy) is 1. The minimum atomic E-state index is -0.837. The van der Waals surface area contributed by atoms with Crippen LogP contribution in [-0.4, -0.2) is 121 Å². The van der Waals surface area contributed by atoms with Gasteiger partial charge in [0.25, 0.3) is 0 Å². The second kappa shape index (κ2) is 17.0. The molecule has 5 N–H and O–H groups in total. The normalized spacial score (nSPS) is 40.9. The van der Waals surface area contributed by atoms with E-state index in [0.29, 0.717) is 35.6 Å². The molecule has 15 atom stereocenters. The summed E-state index contributed by atoms with van der Waals surface area (Å²) in [6.45, 7) is 13.0. The van der Waals surface area contributed by atoms with E-state index < -0.39 is 24.2 Å². The summed E-state index contributed by atoms with van der Waals surface area (Å²) in [5, 5.41) is 39.7. The topological polar surface area (TPSA) is 144 Å². The maximum Gasteiger partial charge on any atom is 0.240 e. The Kier molecular flexibility index (Phi) is 13.6. The molecule has 5 aliphatic carbocycles. The summed E-state index contributed by atoms with van der Waals surface area (Å²) in [5.41, 5.74) is 0.310. The second-order valence-corrected chi connectivity index (χ2v) is 18.6. The van der Waals surface area contributed by atoms with Crippen LogP contribution >= 0.6 is 0 Å². The fourth-order valence-corrected chi connectivity index (χ4v) is 11.5. The van der Waals surface area contributed by atoms with Crippen LogP contribution in [0.3, 0.4) is 0 Å². The molecule has 11 nitrogen and oxygen atoms in total. The standard InChI is InChI=1S/C40H72N4O7/c1-22(2)13-29(20-45)41-38(48)27-14-26(15-30(16-27)43(7)8)31-12-10-11-25(37(31)50-9)19-44-36(35(24(4)47)34(21-46)51-44)39(49)42-33-18-28-17-32(23(33)3)40(28,5)6/h22-37,45-47H,10-21H2,1-9H3,(H,41,48)(H,42,49)/t23-,24-,25?,26?,27?,28+,29+,30?,31?,32-,33-,34-,35+,36-,37?/m0/s1. The molecule has 51 heavy (non-hydrogen) atoms. The highest BCUT2D eigenvalue weighted by molar-refractivity contribution is 5.83. The zero-order valence-corrected chi connectivity index (χ0v) is 33.1. The smallest absolute Gasteiger partial charge is 0.240 e. The summed E-state index contributed by atoms with van der Waals surface area (Å²) >= 11 is 0. The Labute approximate surface area is 307 Å². The summed E-state index contributed by atoms with van der Waals surface area (Å²) in [6.07, 6.45) is 6.87. The van der Waals surface area contributed by atoms with Gasteiger partial charge in [-0.25, -0.2) is 0 Å². The van der Waals surface area contributed by atoms with E-state index in [9.17, 15) is 24.9 Å². The van der Waals surface area contributed by atoms with Gasteiger partial charge in [0.15, 0.2) is 0 Å². The van der Waals surface area contributed by atoms with Crippen LogP contribution in [0.15, 0.2) is 0 Å². The number of nitrogens with one attached hydrogen (secondary N) is 2. The molecule has 5 saturated carbocycles. The third-order valence-electron chi connectivity index (χ3n) is 14.5. The van der Waals surface area contributed by atoms with Gasteiger partial charge < -0.3 is 35.6 Å². The Morgan fingerprint density at radius 3 is 2.33 bits per heavy atom. The van der Waals surface area contributed by atoms with E-state index in [1.54, 1.807) is 19.1 Å². The second-order valence-electron chi connectivity index (χ2n) is 18.6. The van der Waals surface area contributed by atoms with Crippen molar-refractivity contribution in [1.29, 1.82) is 0 Å². The molecule has 0 spiro atoms. The number of hydrogen-bond donors (Lipinski definition) is 5. The van der Waals surface area contributed by atoms with Crippen molar-refractivity contribution >= 4 is 11.8 Å². The molecule has 0 aromatic carbocycles. The van der Waals surface area contributed by atoms with Crippen molar-refractivity contribution in [3.05, 3.63) is 0 Å². The first-order valence-electron chi connectivity index (χ1n) is 20.2. The molecular weight excluding hydrogens is 648 g/mol. The van der Waals surface area contributed by atoms with Crippen molar-refractivity contribution in [3.63, 3.8) is 0 Å². The summed E-state index contributed by atoms with van der Waals surface area (Å²) in [4.78, 5) is 36.6. The molecule has 1 saturated heterocycles. The van der Waals surface area contributed by atoms with Gasteiger partial charge in [-0.15, -0.1) is 0 Å². The molecule has 6 aliphatic rings. The summed E-state index contributed by atoms with van der Waals surface area (Å²) < 4.78 is 6.36. The van der Waals surface area contributed by atoms with Crippen LogP contribution in [0.1, 0.15) is 99.3 Å². The fraction of sp³-hybridized carbons (Fsp3) is 0.950. The third-order valence-corrected chi connectivity index (χ3v) is 14.5. The molecule has 294 valence electrons. The average molecular weight is 721 g/mol. The van der Waals surface area contributed by atoms with Gasteiger partial charge in [0.1, 0.15) is 12.1 Å². The number of hydroxylamine groups is 2. The van der Waals surface area contributed by atoms with Gasteiger partial charge in [0.05, 0.1) is 31.5 Å². The highest BCUT2D eigenvalue weighted by Gasteiger charge is 2.58. The number of methoxy groups -OCH3 is 1. The molecule has 0 aromatic heterocycles. The number of carbonyl (C=O) groups is 2. The number of hydrogen-bond acceptors (Lipinski definition) is 9.